The SMILES string of the molecule is CC1(c2ccc(Br)cc2)NCCCNC1=O. The number of rotatable bonds is 1. The van der Waals surface area contributed by atoms with Gasteiger partial charge in [0.2, 0.25) is 5.91 Å². The van der Waals surface area contributed by atoms with Gasteiger partial charge in [0, 0.05) is 11.0 Å². The van der Waals surface area contributed by atoms with Crippen LogP contribution < -0.4 is 10.6 Å². The first-order valence-electron chi connectivity index (χ1n) is 5.42. The second-order valence-electron chi connectivity index (χ2n) is 4.17. The third kappa shape index (κ3) is 2.13. The van der Waals surface area contributed by atoms with Crippen molar-refractivity contribution in [1.29, 1.82) is 0 Å². The van der Waals surface area contributed by atoms with E-state index in [0.29, 0.717) is 0 Å². The Morgan fingerprint density at radius 2 is 1.94 bits per heavy atom. The van der Waals surface area contributed by atoms with Gasteiger partial charge in [0.15, 0.2) is 0 Å². The number of amides is 1. The summed E-state index contributed by atoms with van der Waals surface area (Å²) in [5.41, 5.74) is 0.382. The maximum absolute atomic E-state index is 12.0. The molecule has 1 aromatic carbocycles. The standard InChI is InChI=1S/C12H15BrN2O/c1-12(9-3-5-10(13)6-4-9)11(16)14-7-2-8-15-12/h3-6,15H,2,7-8H2,1H3,(H,14,16). The lowest BCUT2D eigenvalue weighted by atomic mass is 9.91. The average molecular weight is 283 g/mol. The highest BCUT2D eigenvalue weighted by molar-refractivity contribution is 9.10. The molecule has 0 aromatic heterocycles. The van der Waals surface area contributed by atoms with Gasteiger partial charge >= 0.3 is 0 Å². The molecule has 2 N–H and O–H groups in total. The van der Waals surface area contributed by atoms with Crippen LogP contribution in [0.15, 0.2) is 28.7 Å². The summed E-state index contributed by atoms with van der Waals surface area (Å²) in [5.74, 6) is 0.0484. The summed E-state index contributed by atoms with van der Waals surface area (Å²) in [4.78, 5) is 12.0. The van der Waals surface area contributed by atoms with Gasteiger partial charge in [0.25, 0.3) is 0 Å². The molecular formula is C12H15BrN2O. The molecule has 1 aliphatic heterocycles. The Balaban J connectivity index is 2.34. The lowest BCUT2D eigenvalue weighted by Crippen LogP contribution is -2.49. The van der Waals surface area contributed by atoms with Crippen LogP contribution in [0.2, 0.25) is 0 Å². The van der Waals surface area contributed by atoms with Crippen molar-refractivity contribution in [3.05, 3.63) is 34.3 Å². The van der Waals surface area contributed by atoms with E-state index in [-0.39, 0.29) is 5.91 Å². The van der Waals surface area contributed by atoms with Crippen molar-refractivity contribution in [2.45, 2.75) is 18.9 Å². The van der Waals surface area contributed by atoms with Crippen molar-refractivity contribution in [3.8, 4) is 0 Å². The zero-order chi connectivity index (χ0) is 11.6. The minimum Gasteiger partial charge on any atom is -0.354 e. The van der Waals surface area contributed by atoms with Crippen LogP contribution in [0.4, 0.5) is 0 Å². The Hall–Kier alpha value is -0.870. The molecule has 1 atom stereocenters. The zero-order valence-electron chi connectivity index (χ0n) is 9.22. The fourth-order valence-corrected chi connectivity index (χ4v) is 2.17. The molecule has 3 nitrogen and oxygen atoms in total. The van der Waals surface area contributed by atoms with Gasteiger partial charge in [-0.2, -0.15) is 0 Å². The highest BCUT2D eigenvalue weighted by atomic mass is 79.9. The second-order valence-corrected chi connectivity index (χ2v) is 5.08. The molecule has 86 valence electrons. The summed E-state index contributed by atoms with van der Waals surface area (Å²) in [7, 11) is 0. The van der Waals surface area contributed by atoms with E-state index in [1.165, 1.54) is 0 Å². The first-order chi connectivity index (χ1) is 7.63. The maximum Gasteiger partial charge on any atom is 0.244 e. The number of hydrogen-bond donors (Lipinski definition) is 2. The highest BCUT2D eigenvalue weighted by Gasteiger charge is 2.35. The zero-order valence-corrected chi connectivity index (χ0v) is 10.8. The first kappa shape index (κ1) is 11.6. The number of halogens is 1. The minimum absolute atomic E-state index is 0.0484. The monoisotopic (exact) mass is 282 g/mol. The van der Waals surface area contributed by atoms with E-state index >= 15 is 0 Å². The molecule has 0 aliphatic carbocycles. The predicted octanol–water partition coefficient (Wildman–Crippen LogP) is 1.77. The van der Waals surface area contributed by atoms with Crippen molar-refractivity contribution >= 4 is 21.8 Å². The Morgan fingerprint density at radius 3 is 2.62 bits per heavy atom. The van der Waals surface area contributed by atoms with E-state index in [9.17, 15) is 4.79 Å². The van der Waals surface area contributed by atoms with Gasteiger partial charge in [-0.15, -0.1) is 0 Å². The summed E-state index contributed by atoms with van der Waals surface area (Å²) < 4.78 is 1.02. The van der Waals surface area contributed by atoms with E-state index in [1.54, 1.807) is 0 Å². The van der Waals surface area contributed by atoms with Gasteiger partial charge in [-0.1, -0.05) is 28.1 Å². The Labute approximate surface area is 104 Å². The molecule has 4 heteroatoms. The van der Waals surface area contributed by atoms with Crippen LogP contribution in [0, 0.1) is 0 Å². The topological polar surface area (TPSA) is 41.1 Å². The van der Waals surface area contributed by atoms with Crippen LogP contribution in [-0.4, -0.2) is 19.0 Å². The average Bonchev–Trinajstić information content (AvgIpc) is 2.44. The van der Waals surface area contributed by atoms with Crippen LogP contribution >= 0.6 is 15.9 Å². The normalized spacial score (nSPS) is 26.0. The molecule has 1 fully saturated rings. The minimum atomic E-state index is -0.614. The fourth-order valence-electron chi connectivity index (χ4n) is 1.90. The number of carbonyl (C=O) groups is 1. The molecule has 1 aromatic rings. The Bertz CT molecular complexity index is 391. The van der Waals surface area contributed by atoms with Gasteiger partial charge in [-0.05, 0) is 37.6 Å². The second kappa shape index (κ2) is 4.55. The van der Waals surface area contributed by atoms with Crippen LogP contribution in [0.5, 0.6) is 0 Å². The molecule has 0 saturated carbocycles. The first-order valence-corrected chi connectivity index (χ1v) is 6.21. The Kier molecular flexibility index (Phi) is 3.30. The third-order valence-electron chi connectivity index (χ3n) is 2.99. The fraction of sp³-hybridized carbons (Fsp3) is 0.417. The van der Waals surface area contributed by atoms with Crippen LogP contribution in [0.25, 0.3) is 0 Å². The molecule has 1 aliphatic rings. The van der Waals surface area contributed by atoms with Gasteiger partial charge in [0.1, 0.15) is 5.54 Å². The molecule has 1 saturated heterocycles. The molecule has 1 unspecified atom stereocenters. The lowest BCUT2D eigenvalue weighted by Gasteiger charge is -2.27. The molecule has 0 spiro atoms. The summed E-state index contributed by atoms with van der Waals surface area (Å²) in [6.45, 7) is 3.53. The number of carbonyl (C=O) groups excluding carboxylic acids is 1. The smallest absolute Gasteiger partial charge is 0.244 e. The number of hydrogen-bond acceptors (Lipinski definition) is 2. The molecule has 0 bridgehead atoms. The van der Waals surface area contributed by atoms with Crippen LogP contribution in [0.1, 0.15) is 18.9 Å². The summed E-state index contributed by atoms with van der Waals surface area (Å²) >= 11 is 3.40. The molecule has 16 heavy (non-hydrogen) atoms. The van der Waals surface area contributed by atoms with Crippen molar-refractivity contribution in [2.24, 2.45) is 0 Å². The van der Waals surface area contributed by atoms with Crippen molar-refractivity contribution in [1.82, 2.24) is 10.6 Å². The van der Waals surface area contributed by atoms with Gasteiger partial charge in [0.05, 0.1) is 0 Å². The summed E-state index contributed by atoms with van der Waals surface area (Å²) in [5, 5.41) is 6.25. The van der Waals surface area contributed by atoms with Crippen molar-refractivity contribution in [2.75, 3.05) is 13.1 Å². The van der Waals surface area contributed by atoms with E-state index in [0.717, 1.165) is 29.5 Å². The van der Waals surface area contributed by atoms with Crippen molar-refractivity contribution in [3.63, 3.8) is 0 Å². The van der Waals surface area contributed by atoms with Crippen molar-refractivity contribution < 1.29 is 4.79 Å². The number of benzene rings is 1. The van der Waals surface area contributed by atoms with E-state index in [4.69, 9.17) is 0 Å². The van der Waals surface area contributed by atoms with Gasteiger partial charge < -0.3 is 5.32 Å². The lowest BCUT2D eigenvalue weighted by molar-refractivity contribution is -0.126. The van der Waals surface area contributed by atoms with Gasteiger partial charge in [-0.3, -0.25) is 10.1 Å². The van der Waals surface area contributed by atoms with E-state index in [2.05, 4.69) is 26.6 Å². The molecular weight excluding hydrogens is 268 g/mol. The molecule has 2 rings (SSSR count). The summed E-state index contributed by atoms with van der Waals surface area (Å²) in [6.07, 6.45) is 0.970. The maximum atomic E-state index is 12.0. The van der Waals surface area contributed by atoms with Crippen LogP contribution in [0.3, 0.4) is 0 Å². The quantitative estimate of drug-likeness (QED) is 0.824. The van der Waals surface area contributed by atoms with Gasteiger partial charge in [-0.25, -0.2) is 0 Å². The summed E-state index contributed by atoms with van der Waals surface area (Å²) in [6, 6.07) is 7.87. The van der Waals surface area contributed by atoms with Crippen LogP contribution in [-0.2, 0) is 10.3 Å². The molecule has 0 radical (unpaired) electrons. The Morgan fingerprint density at radius 1 is 1.25 bits per heavy atom. The van der Waals surface area contributed by atoms with E-state index in [1.807, 2.05) is 31.2 Å². The highest BCUT2D eigenvalue weighted by Crippen LogP contribution is 2.24. The largest absolute Gasteiger partial charge is 0.354 e. The predicted molar refractivity (Wildman–Crippen MR) is 67.1 cm³/mol. The number of nitrogens with one attached hydrogen (secondary N) is 2. The molecule has 1 heterocycles. The van der Waals surface area contributed by atoms with E-state index < -0.39 is 5.54 Å². The molecule has 1 amide bonds. The third-order valence-corrected chi connectivity index (χ3v) is 3.52.